The van der Waals surface area contributed by atoms with Gasteiger partial charge in [-0.15, -0.1) is 0 Å². The Bertz CT molecular complexity index is 929. The van der Waals surface area contributed by atoms with Gasteiger partial charge in [-0.3, -0.25) is 19.2 Å². The molecule has 0 unspecified atom stereocenters. The number of para-hydroxylation sites is 2. The number of unbranched alkanes of at least 4 members (excludes halogenated alkanes) is 1. The van der Waals surface area contributed by atoms with Gasteiger partial charge < -0.3 is 30.3 Å². The first kappa shape index (κ1) is 27.5. The largest absolute Gasteiger partial charge is 0.426 e. The summed E-state index contributed by atoms with van der Waals surface area (Å²) in [5, 5.41) is 24.5. The van der Waals surface area contributed by atoms with Crippen LogP contribution in [0.2, 0.25) is 0 Å². The van der Waals surface area contributed by atoms with E-state index in [1.165, 1.54) is 0 Å². The number of aliphatic hydroxyl groups excluding tert-OH is 2. The Balaban J connectivity index is 2.04. The van der Waals surface area contributed by atoms with E-state index in [4.69, 9.17) is 9.47 Å². The maximum Gasteiger partial charge on any atom is 0.321 e. The van der Waals surface area contributed by atoms with E-state index in [1.807, 2.05) is 0 Å². The second kappa shape index (κ2) is 14.5. The summed E-state index contributed by atoms with van der Waals surface area (Å²) in [5.41, 5.74) is -1.62. The Morgan fingerprint density at radius 3 is 1.77 bits per heavy atom. The summed E-state index contributed by atoms with van der Waals surface area (Å²) in [6.45, 7) is -1.13. The summed E-state index contributed by atoms with van der Waals surface area (Å²) in [6, 6.07) is 16.6. The van der Waals surface area contributed by atoms with E-state index in [2.05, 4.69) is 10.6 Å². The van der Waals surface area contributed by atoms with Crippen molar-refractivity contribution in [2.75, 3.05) is 13.2 Å². The molecule has 0 aliphatic carbocycles. The maximum absolute atomic E-state index is 12.8. The first-order valence-corrected chi connectivity index (χ1v) is 11.2. The number of amides is 2. The summed E-state index contributed by atoms with van der Waals surface area (Å²) in [4.78, 5) is 47.9. The lowest BCUT2D eigenvalue weighted by molar-refractivity contribution is -0.145. The molecule has 10 heteroatoms. The van der Waals surface area contributed by atoms with E-state index < -0.39 is 42.7 Å². The molecule has 0 heterocycles. The molecule has 2 amide bonds. The van der Waals surface area contributed by atoms with Crippen molar-refractivity contribution >= 4 is 24.8 Å². The lowest BCUT2D eigenvalue weighted by Gasteiger charge is -2.38. The summed E-state index contributed by atoms with van der Waals surface area (Å²) in [6.07, 6.45) is 1.67. The van der Waals surface area contributed by atoms with Crippen LogP contribution in [-0.4, -0.2) is 53.8 Å². The van der Waals surface area contributed by atoms with Crippen molar-refractivity contribution in [1.82, 2.24) is 10.6 Å². The number of aliphatic hydroxyl groups is 2. The van der Waals surface area contributed by atoms with Crippen molar-refractivity contribution in [3.8, 4) is 11.5 Å². The number of ether oxygens (including phenoxy) is 2. The van der Waals surface area contributed by atoms with Crippen LogP contribution in [0.1, 0.15) is 25.7 Å². The minimum atomic E-state index is -1.62. The third kappa shape index (κ3) is 8.20. The van der Waals surface area contributed by atoms with Gasteiger partial charge in [0, 0.05) is 0 Å². The summed E-state index contributed by atoms with van der Waals surface area (Å²) < 4.78 is 10.6. The number of carbonyl (C=O) groups excluding carboxylic acids is 4. The predicted molar refractivity (Wildman–Crippen MR) is 125 cm³/mol. The minimum Gasteiger partial charge on any atom is -0.426 e. The van der Waals surface area contributed by atoms with Gasteiger partial charge in [0.1, 0.15) is 23.1 Å². The lowest BCUT2D eigenvalue weighted by Crippen LogP contribution is -2.64. The molecule has 2 aromatic carbocycles. The van der Waals surface area contributed by atoms with Gasteiger partial charge in [-0.2, -0.15) is 0 Å². The molecule has 0 saturated carbocycles. The van der Waals surface area contributed by atoms with Gasteiger partial charge in [0.2, 0.25) is 12.8 Å². The van der Waals surface area contributed by atoms with Crippen LogP contribution in [0.3, 0.4) is 0 Å². The number of benzene rings is 2. The lowest BCUT2D eigenvalue weighted by atomic mass is 9.87. The molecule has 4 N–H and O–H groups in total. The topological polar surface area (TPSA) is 151 Å². The zero-order chi connectivity index (χ0) is 25.5. The van der Waals surface area contributed by atoms with Crippen molar-refractivity contribution in [3.63, 3.8) is 0 Å². The zero-order valence-corrected chi connectivity index (χ0v) is 19.2. The molecule has 0 bridgehead atoms. The van der Waals surface area contributed by atoms with Gasteiger partial charge in [0.25, 0.3) is 0 Å². The fraction of sp³-hybridized carbons (Fsp3) is 0.360. The smallest absolute Gasteiger partial charge is 0.321 e. The zero-order valence-electron chi connectivity index (χ0n) is 19.2. The van der Waals surface area contributed by atoms with Crippen molar-refractivity contribution in [2.24, 2.45) is 11.8 Å². The highest BCUT2D eigenvalue weighted by molar-refractivity contribution is 5.78. The van der Waals surface area contributed by atoms with Crippen LogP contribution in [0.25, 0.3) is 0 Å². The average molecular weight is 487 g/mol. The van der Waals surface area contributed by atoms with Gasteiger partial charge in [-0.25, -0.2) is 0 Å². The number of carbonyl (C=O) groups is 4. The third-order valence-electron chi connectivity index (χ3n) is 5.55. The Labute approximate surface area is 203 Å². The SMILES string of the molecule is O=CNC(CCCC[C@H](CO)C(=O)Oc1ccccc1)(NC=O)[C@H](CO)C(=O)Oc1ccccc1. The second-order valence-electron chi connectivity index (χ2n) is 7.82. The van der Waals surface area contributed by atoms with Gasteiger partial charge in [0.05, 0.1) is 19.1 Å². The molecule has 0 radical (unpaired) electrons. The fourth-order valence-corrected chi connectivity index (χ4v) is 3.65. The molecule has 2 rings (SSSR count). The van der Waals surface area contributed by atoms with Crippen LogP contribution < -0.4 is 20.1 Å². The van der Waals surface area contributed by atoms with Crippen LogP contribution >= 0.6 is 0 Å². The Morgan fingerprint density at radius 1 is 0.800 bits per heavy atom. The highest BCUT2D eigenvalue weighted by Gasteiger charge is 2.43. The summed E-state index contributed by atoms with van der Waals surface area (Å²) in [5.74, 6) is -2.91. The van der Waals surface area contributed by atoms with Gasteiger partial charge >= 0.3 is 11.9 Å². The van der Waals surface area contributed by atoms with Crippen LogP contribution in [0.15, 0.2) is 60.7 Å². The van der Waals surface area contributed by atoms with Crippen LogP contribution in [0, 0.1) is 11.8 Å². The van der Waals surface area contributed by atoms with E-state index in [-0.39, 0.29) is 18.6 Å². The second-order valence-corrected chi connectivity index (χ2v) is 7.82. The monoisotopic (exact) mass is 486 g/mol. The van der Waals surface area contributed by atoms with Crippen LogP contribution in [0.4, 0.5) is 0 Å². The quantitative estimate of drug-likeness (QED) is 0.0907. The van der Waals surface area contributed by atoms with E-state index >= 15 is 0 Å². The molecule has 0 aromatic heterocycles. The highest BCUT2D eigenvalue weighted by Crippen LogP contribution is 2.25. The Morgan fingerprint density at radius 2 is 1.31 bits per heavy atom. The van der Waals surface area contributed by atoms with Gasteiger partial charge in [0.15, 0.2) is 0 Å². The van der Waals surface area contributed by atoms with E-state index in [0.717, 1.165) is 0 Å². The van der Waals surface area contributed by atoms with E-state index in [9.17, 15) is 29.4 Å². The predicted octanol–water partition coefficient (Wildman–Crippen LogP) is 1.16. The number of rotatable bonds is 16. The molecule has 0 saturated heterocycles. The van der Waals surface area contributed by atoms with Gasteiger partial charge in [-0.1, -0.05) is 42.8 Å². The van der Waals surface area contributed by atoms with Crippen LogP contribution in [-0.2, 0) is 19.2 Å². The number of esters is 2. The third-order valence-corrected chi connectivity index (χ3v) is 5.55. The molecule has 0 spiro atoms. The fourth-order valence-electron chi connectivity index (χ4n) is 3.65. The molecular formula is C25H30N2O8. The number of hydrogen-bond donors (Lipinski definition) is 4. The standard InChI is InChI=1S/C25H30N2O8/c28-15-19(23(32)34-20-10-3-1-4-11-20)9-7-8-14-25(26-17-30,27-18-31)22(16-29)24(33)35-21-12-5-2-6-13-21/h1-6,10-13,17-19,22,28-29H,7-9,14-16H2,(H,26,30)(H,27,31)/t19-,22-/m1/s1. The molecule has 0 fully saturated rings. The number of nitrogens with one attached hydrogen (secondary N) is 2. The molecular weight excluding hydrogens is 456 g/mol. The maximum atomic E-state index is 12.8. The van der Waals surface area contributed by atoms with Crippen LogP contribution in [0.5, 0.6) is 11.5 Å². The van der Waals surface area contributed by atoms with E-state index in [0.29, 0.717) is 31.4 Å². The highest BCUT2D eigenvalue weighted by atomic mass is 16.5. The first-order chi connectivity index (χ1) is 17.0. The van der Waals surface area contributed by atoms with Gasteiger partial charge in [-0.05, 0) is 43.5 Å². The molecule has 2 aromatic rings. The normalized spacial score (nSPS) is 12.6. The van der Waals surface area contributed by atoms with Crippen molar-refractivity contribution in [1.29, 1.82) is 0 Å². The van der Waals surface area contributed by atoms with Crippen molar-refractivity contribution in [2.45, 2.75) is 31.3 Å². The summed E-state index contributed by atoms with van der Waals surface area (Å²) in [7, 11) is 0. The average Bonchev–Trinajstić information content (AvgIpc) is 2.86. The number of hydrogen-bond acceptors (Lipinski definition) is 8. The molecule has 10 nitrogen and oxygen atoms in total. The molecule has 2 atom stereocenters. The molecule has 0 aliphatic heterocycles. The van der Waals surface area contributed by atoms with Crippen molar-refractivity contribution < 1.29 is 38.9 Å². The van der Waals surface area contributed by atoms with Crippen molar-refractivity contribution in [3.05, 3.63) is 60.7 Å². The molecule has 35 heavy (non-hydrogen) atoms. The minimum absolute atomic E-state index is 0.0471. The molecule has 188 valence electrons. The van der Waals surface area contributed by atoms with E-state index in [1.54, 1.807) is 60.7 Å². The Kier molecular flexibility index (Phi) is 11.4. The first-order valence-electron chi connectivity index (χ1n) is 11.2. The Hall–Kier alpha value is -3.76. The summed E-state index contributed by atoms with van der Waals surface area (Å²) >= 11 is 0. The molecule has 0 aliphatic rings.